The van der Waals surface area contributed by atoms with Crippen molar-refractivity contribution in [3.05, 3.63) is 36.0 Å². The Morgan fingerprint density at radius 1 is 1.30 bits per heavy atom. The lowest BCUT2D eigenvalue weighted by molar-refractivity contribution is -0.142. The van der Waals surface area contributed by atoms with Crippen molar-refractivity contribution in [2.75, 3.05) is 20.2 Å². The van der Waals surface area contributed by atoms with Crippen LogP contribution in [-0.2, 0) is 4.79 Å². The second-order valence-electron chi connectivity index (χ2n) is 5.85. The van der Waals surface area contributed by atoms with Crippen molar-refractivity contribution in [3.8, 4) is 5.75 Å². The number of methoxy groups -OCH3 is 1. The lowest BCUT2D eigenvalue weighted by atomic mass is 9.99. The van der Waals surface area contributed by atoms with Crippen LogP contribution in [0, 0.1) is 11.8 Å². The number of aliphatic carboxylic acids is 1. The average Bonchev–Trinajstić information content (AvgIpc) is 2.95. The van der Waals surface area contributed by atoms with Gasteiger partial charge in [0.05, 0.1) is 30.3 Å². The summed E-state index contributed by atoms with van der Waals surface area (Å²) in [4.78, 5) is 30.1. The van der Waals surface area contributed by atoms with Gasteiger partial charge in [-0.1, -0.05) is 25.1 Å². The van der Waals surface area contributed by atoms with Crippen LogP contribution in [0.1, 0.15) is 17.3 Å². The van der Waals surface area contributed by atoms with Crippen LogP contribution in [-0.4, -0.2) is 47.1 Å². The molecule has 1 saturated heterocycles. The Kier molecular flexibility index (Phi) is 3.90. The Labute approximate surface area is 133 Å². The van der Waals surface area contributed by atoms with Crippen LogP contribution in [0.2, 0.25) is 0 Å². The molecule has 1 aliphatic heterocycles. The fourth-order valence-electron chi connectivity index (χ4n) is 3.11. The first kappa shape index (κ1) is 15.3. The third kappa shape index (κ3) is 2.60. The molecule has 3 rings (SSSR count). The largest absolute Gasteiger partial charge is 0.494 e. The maximum absolute atomic E-state index is 13.0. The van der Waals surface area contributed by atoms with Gasteiger partial charge in [0, 0.05) is 18.5 Å². The number of fused-ring (bicyclic) bond motifs is 1. The van der Waals surface area contributed by atoms with Crippen LogP contribution in [0.3, 0.4) is 0 Å². The van der Waals surface area contributed by atoms with Crippen LogP contribution < -0.4 is 4.74 Å². The molecule has 1 N–H and O–H groups in total. The summed E-state index contributed by atoms with van der Waals surface area (Å²) in [7, 11) is 1.50. The number of carbonyl (C=O) groups is 2. The number of nitrogens with zero attached hydrogens (tertiary/aromatic N) is 2. The van der Waals surface area contributed by atoms with E-state index >= 15 is 0 Å². The van der Waals surface area contributed by atoms with Crippen LogP contribution in [0.4, 0.5) is 0 Å². The number of amides is 1. The number of carboxylic acid groups (broad SMARTS) is 1. The van der Waals surface area contributed by atoms with Gasteiger partial charge in [-0.15, -0.1) is 0 Å². The van der Waals surface area contributed by atoms with Crippen molar-refractivity contribution in [3.63, 3.8) is 0 Å². The molecule has 0 unspecified atom stereocenters. The summed E-state index contributed by atoms with van der Waals surface area (Å²) in [5.41, 5.74) is 1.15. The van der Waals surface area contributed by atoms with Crippen molar-refractivity contribution >= 4 is 22.8 Å². The molecule has 0 aliphatic carbocycles. The Hall–Kier alpha value is -2.63. The van der Waals surface area contributed by atoms with Crippen LogP contribution in [0.15, 0.2) is 30.5 Å². The van der Waals surface area contributed by atoms with E-state index in [2.05, 4.69) is 4.98 Å². The molecule has 0 saturated carbocycles. The molecule has 23 heavy (non-hydrogen) atoms. The van der Waals surface area contributed by atoms with Crippen LogP contribution >= 0.6 is 0 Å². The lowest BCUT2D eigenvalue weighted by Crippen LogP contribution is -2.30. The number of hydrogen-bond donors (Lipinski definition) is 1. The van der Waals surface area contributed by atoms with Gasteiger partial charge in [0.15, 0.2) is 5.75 Å². The molecule has 2 heterocycles. The number of para-hydroxylation sites is 1. The van der Waals surface area contributed by atoms with E-state index in [4.69, 9.17) is 4.74 Å². The SMILES string of the molecule is COc1cnc2ccccc2c1C(=O)N1C[C@@H](C)[C@H](C(=O)O)C1. The molecule has 0 spiro atoms. The summed E-state index contributed by atoms with van der Waals surface area (Å²) in [6.45, 7) is 2.50. The van der Waals surface area contributed by atoms with E-state index in [1.54, 1.807) is 4.90 Å². The summed E-state index contributed by atoms with van der Waals surface area (Å²) in [6, 6.07) is 7.35. The minimum absolute atomic E-state index is 0.0736. The fraction of sp³-hybridized carbons (Fsp3) is 0.353. The van der Waals surface area contributed by atoms with Crippen molar-refractivity contribution in [2.45, 2.75) is 6.92 Å². The van der Waals surface area contributed by atoms with E-state index in [0.717, 1.165) is 0 Å². The monoisotopic (exact) mass is 314 g/mol. The fourth-order valence-corrected chi connectivity index (χ4v) is 3.11. The lowest BCUT2D eigenvalue weighted by Gasteiger charge is -2.19. The Balaban J connectivity index is 2.03. The molecule has 1 aromatic carbocycles. The van der Waals surface area contributed by atoms with E-state index in [1.165, 1.54) is 13.3 Å². The van der Waals surface area contributed by atoms with E-state index in [9.17, 15) is 14.7 Å². The molecule has 2 aromatic rings. The maximum atomic E-state index is 13.0. The normalized spacial score (nSPS) is 20.7. The smallest absolute Gasteiger partial charge is 0.308 e. The third-order valence-electron chi connectivity index (χ3n) is 4.39. The predicted molar refractivity (Wildman–Crippen MR) is 84.5 cm³/mol. The van der Waals surface area contributed by atoms with Gasteiger partial charge in [-0.25, -0.2) is 0 Å². The molecule has 6 nitrogen and oxygen atoms in total. The molecule has 1 aromatic heterocycles. The zero-order valence-corrected chi connectivity index (χ0v) is 13.0. The molecule has 0 radical (unpaired) electrons. The number of ether oxygens (including phenoxy) is 1. The highest BCUT2D eigenvalue weighted by Crippen LogP contribution is 2.31. The van der Waals surface area contributed by atoms with Gasteiger partial charge in [0.25, 0.3) is 5.91 Å². The van der Waals surface area contributed by atoms with Gasteiger partial charge >= 0.3 is 5.97 Å². The van der Waals surface area contributed by atoms with Crippen LogP contribution in [0.25, 0.3) is 10.9 Å². The molecule has 6 heteroatoms. The highest BCUT2D eigenvalue weighted by atomic mass is 16.5. The van der Waals surface area contributed by atoms with Gasteiger partial charge in [-0.2, -0.15) is 0 Å². The quantitative estimate of drug-likeness (QED) is 0.938. The minimum Gasteiger partial charge on any atom is -0.494 e. The number of aromatic nitrogens is 1. The van der Waals surface area contributed by atoms with Gasteiger partial charge in [0.1, 0.15) is 0 Å². The summed E-state index contributed by atoms with van der Waals surface area (Å²) in [5.74, 6) is -1.27. The summed E-state index contributed by atoms with van der Waals surface area (Å²) >= 11 is 0. The molecule has 0 bridgehead atoms. The molecular weight excluding hydrogens is 296 g/mol. The number of carboxylic acids is 1. The second kappa shape index (κ2) is 5.87. The van der Waals surface area contributed by atoms with E-state index < -0.39 is 11.9 Å². The Morgan fingerprint density at radius 2 is 2.04 bits per heavy atom. The van der Waals surface area contributed by atoms with Gasteiger partial charge in [0.2, 0.25) is 0 Å². The summed E-state index contributed by atoms with van der Waals surface area (Å²) in [5, 5.41) is 9.97. The number of carbonyl (C=O) groups excluding carboxylic acids is 1. The first-order valence-electron chi connectivity index (χ1n) is 7.46. The molecule has 1 aliphatic rings. The van der Waals surface area contributed by atoms with Gasteiger partial charge in [-0.05, 0) is 12.0 Å². The number of hydrogen-bond acceptors (Lipinski definition) is 4. The highest BCUT2D eigenvalue weighted by molar-refractivity contribution is 6.08. The van der Waals surface area contributed by atoms with E-state index in [0.29, 0.717) is 28.8 Å². The zero-order valence-electron chi connectivity index (χ0n) is 13.0. The zero-order chi connectivity index (χ0) is 16.6. The number of pyridine rings is 1. The minimum atomic E-state index is -0.862. The summed E-state index contributed by atoms with van der Waals surface area (Å²) < 4.78 is 5.31. The van der Waals surface area contributed by atoms with Gasteiger partial charge < -0.3 is 14.7 Å². The van der Waals surface area contributed by atoms with Crippen molar-refractivity contribution in [1.29, 1.82) is 0 Å². The average molecular weight is 314 g/mol. The topological polar surface area (TPSA) is 79.7 Å². The molecule has 2 atom stereocenters. The van der Waals surface area contributed by atoms with Crippen molar-refractivity contribution in [2.24, 2.45) is 11.8 Å². The first-order chi connectivity index (χ1) is 11.0. The predicted octanol–water partition coefficient (Wildman–Crippen LogP) is 2.04. The van der Waals surface area contributed by atoms with E-state index in [1.807, 2.05) is 31.2 Å². The van der Waals surface area contributed by atoms with E-state index in [-0.39, 0.29) is 18.4 Å². The number of benzene rings is 1. The second-order valence-corrected chi connectivity index (χ2v) is 5.85. The molecule has 1 amide bonds. The maximum Gasteiger partial charge on any atom is 0.308 e. The molecule has 120 valence electrons. The standard InChI is InChI=1S/C17H18N2O4/c1-10-8-19(9-12(10)17(21)22)16(20)15-11-5-3-4-6-13(11)18-7-14(15)23-2/h3-7,10,12H,8-9H2,1-2H3,(H,21,22)/t10-,12-/m1/s1. The first-order valence-corrected chi connectivity index (χ1v) is 7.46. The summed E-state index contributed by atoms with van der Waals surface area (Å²) in [6.07, 6.45) is 1.53. The van der Waals surface area contributed by atoms with Gasteiger partial charge in [-0.3, -0.25) is 14.6 Å². The molecular formula is C17H18N2O4. The third-order valence-corrected chi connectivity index (χ3v) is 4.39. The number of likely N-dealkylation sites (tertiary alicyclic amines) is 1. The number of rotatable bonds is 3. The van der Waals surface area contributed by atoms with Crippen LogP contribution in [0.5, 0.6) is 5.75 Å². The van der Waals surface area contributed by atoms with Crippen molar-refractivity contribution < 1.29 is 19.4 Å². The molecule has 1 fully saturated rings. The Morgan fingerprint density at radius 3 is 2.70 bits per heavy atom. The Bertz CT molecular complexity index is 774. The van der Waals surface area contributed by atoms with Crippen molar-refractivity contribution in [1.82, 2.24) is 9.88 Å². The highest BCUT2D eigenvalue weighted by Gasteiger charge is 2.38.